The maximum atomic E-state index is 13.9. The van der Waals surface area contributed by atoms with Gasteiger partial charge in [0, 0.05) is 10.6 Å². The third-order valence-corrected chi connectivity index (χ3v) is 2.98. The summed E-state index contributed by atoms with van der Waals surface area (Å²) < 4.78 is 13.9. The van der Waals surface area contributed by atoms with Gasteiger partial charge in [-0.2, -0.15) is 0 Å². The van der Waals surface area contributed by atoms with E-state index < -0.39 is 0 Å². The molecule has 0 heterocycles. The molecule has 0 nitrogen and oxygen atoms in total. The van der Waals surface area contributed by atoms with Crippen molar-refractivity contribution in [3.63, 3.8) is 0 Å². The van der Waals surface area contributed by atoms with Gasteiger partial charge >= 0.3 is 0 Å². The number of hydrogen-bond donors (Lipinski definition) is 0. The second-order valence-corrected chi connectivity index (χ2v) is 4.51. The molecular weight excluding hydrogens is 235 g/mol. The van der Waals surface area contributed by atoms with E-state index in [9.17, 15) is 4.39 Å². The predicted octanol–water partition coefficient (Wildman–Crippen LogP) is 5.10. The molecule has 0 N–H and O–H groups in total. The van der Waals surface area contributed by atoms with Crippen molar-refractivity contribution < 1.29 is 4.39 Å². The van der Waals surface area contributed by atoms with Crippen molar-refractivity contribution in [2.45, 2.75) is 19.8 Å². The lowest BCUT2D eigenvalue weighted by Crippen LogP contribution is -1.89. The fraction of sp³-hybridized carbons (Fsp3) is 0.200. The minimum Gasteiger partial charge on any atom is -0.206 e. The van der Waals surface area contributed by atoms with Crippen LogP contribution in [0.4, 0.5) is 4.39 Å². The summed E-state index contributed by atoms with van der Waals surface area (Å²) in [4.78, 5) is 0. The lowest BCUT2D eigenvalue weighted by Gasteiger charge is -2.06. The van der Waals surface area contributed by atoms with E-state index in [0.717, 1.165) is 24.0 Å². The highest BCUT2D eigenvalue weighted by Crippen LogP contribution is 2.25. The molecule has 0 unspecified atom stereocenters. The number of hydrogen-bond acceptors (Lipinski definition) is 0. The molecule has 2 rings (SSSR count). The van der Waals surface area contributed by atoms with Gasteiger partial charge in [-0.15, -0.1) is 0 Å². The Labute approximate surface area is 106 Å². The summed E-state index contributed by atoms with van der Waals surface area (Å²) in [5.74, 6) is -0.168. The van der Waals surface area contributed by atoms with Crippen molar-refractivity contribution in [3.05, 3.63) is 58.9 Å². The van der Waals surface area contributed by atoms with E-state index in [1.54, 1.807) is 18.2 Å². The van der Waals surface area contributed by atoms with Gasteiger partial charge in [-0.25, -0.2) is 4.39 Å². The molecule has 0 aliphatic heterocycles. The zero-order chi connectivity index (χ0) is 12.3. The molecule has 0 spiro atoms. The lowest BCUT2D eigenvalue weighted by molar-refractivity contribution is 0.628. The summed E-state index contributed by atoms with van der Waals surface area (Å²) in [5.41, 5.74) is 2.53. The van der Waals surface area contributed by atoms with Gasteiger partial charge < -0.3 is 0 Å². The Bertz CT molecular complexity index is 503. The van der Waals surface area contributed by atoms with Crippen LogP contribution in [0.1, 0.15) is 18.9 Å². The van der Waals surface area contributed by atoms with Crippen LogP contribution in [-0.4, -0.2) is 0 Å². The highest BCUT2D eigenvalue weighted by atomic mass is 35.5. The van der Waals surface area contributed by atoms with E-state index >= 15 is 0 Å². The van der Waals surface area contributed by atoms with Gasteiger partial charge in [-0.1, -0.05) is 49.2 Å². The first-order chi connectivity index (χ1) is 8.20. The molecule has 0 bridgehead atoms. The first-order valence-electron chi connectivity index (χ1n) is 5.75. The molecule has 2 heteroatoms. The molecule has 2 aromatic carbocycles. The third-order valence-electron chi connectivity index (χ3n) is 2.73. The minimum absolute atomic E-state index is 0.168. The second kappa shape index (κ2) is 5.33. The molecule has 0 fully saturated rings. The molecule has 17 heavy (non-hydrogen) atoms. The van der Waals surface area contributed by atoms with E-state index in [-0.39, 0.29) is 5.82 Å². The number of benzene rings is 2. The van der Waals surface area contributed by atoms with Gasteiger partial charge in [0.25, 0.3) is 0 Å². The van der Waals surface area contributed by atoms with Gasteiger partial charge in [0.1, 0.15) is 5.82 Å². The Morgan fingerprint density at radius 1 is 1.06 bits per heavy atom. The van der Waals surface area contributed by atoms with Crippen molar-refractivity contribution in [1.29, 1.82) is 0 Å². The summed E-state index contributed by atoms with van der Waals surface area (Å²) in [6.45, 7) is 2.09. The van der Waals surface area contributed by atoms with Crippen LogP contribution >= 0.6 is 11.6 Å². The average Bonchev–Trinajstić information content (AvgIpc) is 2.31. The number of rotatable bonds is 3. The van der Waals surface area contributed by atoms with Crippen LogP contribution in [0.5, 0.6) is 0 Å². The van der Waals surface area contributed by atoms with Crippen LogP contribution in [0.25, 0.3) is 11.1 Å². The fourth-order valence-electron chi connectivity index (χ4n) is 1.87. The maximum absolute atomic E-state index is 13.9. The van der Waals surface area contributed by atoms with Crippen LogP contribution in [0, 0.1) is 5.82 Å². The van der Waals surface area contributed by atoms with Gasteiger partial charge in [0.2, 0.25) is 0 Å². The summed E-state index contributed by atoms with van der Waals surface area (Å²) >= 11 is 5.81. The van der Waals surface area contributed by atoms with Crippen molar-refractivity contribution in [1.82, 2.24) is 0 Å². The van der Waals surface area contributed by atoms with Crippen molar-refractivity contribution in [3.8, 4) is 11.1 Å². The third kappa shape index (κ3) is 2.86. The molecule has 88 valence electrons. The van der Waals surface area contributed by atoms with E-state index in [1.165, 1.54) is 0 Å². The topological polar surface area (TPSA) is 0 Å². The van der Waals surface area contributed by atoms with E-state index in [1.807, 2.05) is 24.3 Å². The fourth-order valence-corrected chi connectivity index (χ4v) is 1.99. The van der Waals surface area contributed by atoms with Crippen LogP contribution in [0.3, 0.4) is 0 Å². The average molecular weight is 249 g/mol. The SMILES string of the molecule is CCCc1ccc(-c2ccc(Cl)cc2)c(F)c1. The maximum Gasteiger partial charge on any atom is 0.131 e. The van der Waals surface area contributed by atoms with E-state index in [2.05, 4.69) is 6.92 Å². The normalized spacial score (nSPS) is 10.5. The van der Waals surface area contributed by atoms with Gasteiger partial charge in [-0.3, -0.25) is 0 Å². The Morgan fingerprint density at radius 2 is 1.76 bits per heavy atom. The van der Waals surface area contributed by atoms with Crippen LogP contribution in [0.15, 0.2) is 42.5 Å². The van der Waals surface area contributed by atoms with Crippen LogP contribution in [-0.2, 0) is 6.42 Å². The zero-order valence-electron chi connectivity index (χ0n) is 9.71. The van der Waals surface area contributed by atoms with Gasteiger partial charge in [0.15, 0.2) is 0 Å². The first-order valence-corrected chi connectivity index (χ1v) is 6.13. The Hall–Kier alpha value is -1.34. The largest absolute Gasteiger partial charge is 0.206 e. The Morgan fingerprint density at radius 3 is 2.35 bits per heavy atom. The molecule has 0 saturated heterocycles. The molecule has 2 aromatic rings. The number of halogens is 2. The summed E-state index contributed by atoms with van der Waals surface area (Å²) in [6, 6.07) is 12.7. The number of aryl methyl sites for hydroxylation is 1. The summed E-state index contributed by atoms with van der Waals surface area (Å²) in [6.07, 6.45) is 1.94. The monoisotopic (exact) mass is 248 g/mol. The molecule has 0 atom stereocenters. The highest BCUT2D eigenvalue weighted by Gasteiger charge is 2.05. The molecule has 0 radical (unpaired) electrons. The molecular formula is C15H14ClF. The predicted molar refractivity (Wildman–Crippen MR) is 70.8 cm³/mol. The molecule has 0 saturated carbocycles. The molecule has 0 aliphatic rings. The van der Waals surface area contributed by atoms with E-state index in [4.69, 9.17) is 11.6 Å². The van der Waals surface area contributed by atoms with Crippen molar-refractivity contribution in [2.75, 3.05) is 0 Å². The van der Waals surface area contributed by atoms with Gasteiger partial charge in [-0.05, 0) is 35.7 Å². The summed E-state index contributed by atoms with van der Waals surface area (Å²) in [5, 5.41) is 0.664. The minimum atomic E-state index is -0.168. The smallest absolute Gasteiger partial charge is 0.131 e. The second-order valence-electron chi connectivity index (χ2n) is 4.07. The van der Waals surface area contributed by atoms with Gasteiger partial charge in [0.05, 0.1) is 0 Å². The van der Waals surface area contributed by atoms with E-state index in [0.29, 0.717) is 10.6 Å². The molecule has 0 amide bonds. The lowest BCUT2D eigenvalue weighted by atomic mass is 10.0. The highest BCUT2D eigenvalue weighted by molar-refractivity contribution is 6.30. The van der Waals surface area contributed by atoms with Crippen molar-refractivity contribution in [2.24, 2.45) is 0 Å². The first kappa shape index (κ1) is 12.1. The molecule has 0 aromatic heterocycles. The van der Waals surface area contributed by atoms with Crippen LogP contribution < -0.4 is 0 Å². The Balaban J connectivity index is 2.36. The Kier molecular flexibility index (Phi) is 3.80. The molecule has 0 aliphatic carbocycles. The quantitative estimate of drug-likeness (QED) is 0.709. The standard InChI is InChI=1S/C15H14ClF/c1-2-3-11-4-9-14(15(17)10-11)12-5-7-13(16)8-6-12/h4-10H,2-3H2,1H3. The zero-order valence-corrected chi connectivity index (χ0v) is 10.5. The van der Waals surface area contributed by atoms with Crippen molar-refractivity contribution >= 4 is 11.6 Å². The van der Waals surface area contributed by atoms with Crippen LogP contribution in [0.2, 0.25) is 5.02 Å². The summed E-state index contributed by atoms with van der Waals surface area (Å²) in [7, 11) is 0.